The Balaban J connectivity index is 2.42. The second-order valence-electron chi connectivity index (χ2n) is 3.74. The Bertz CT molecular complexity index is 525. The molecule has 0 aliphatic carbocycles. The third kappa shape index (κ3) is 2.63. The zero-order chi connectivity index (χ0) is 12.4. The van der Waals surface area contributed by atoms with E-state index in [4.69, 9.17) is 10.3 Å². The highest BCUT2D eigenvalue weighted by molar-refractivity contribution is 9.10. The lowest BCUT2D eigenvalue weighted by molar-refractivity contribution is 0.449. The molecule has 2 aromatic rings. The van der Waals surface area contributed by atoms with Crippen LogP contribution in [-0.4, -0.2) is 0 Å². The topological polar surface area (TPSA) is 51.2 Å². The van der Waals surface area contributed by atoms with Gasteiger partial charge in [0.15, 0.2) is 0 Å². The zero-order valence-electron chi connectivity index (χ0n) is 9.21. The number of hydrogen-bond donors (Lipinski definition) is 2. The van der Waals surface area contributed by atoms with E-state index >= 15 is 0 Å². The largest absolute Gasteiger partial charge is 0.466 e. The summed E-state index contributed by atoms with van der Waals surface area (Å²) in [5.41, 5.74) is 4.99. The Hall–Kier alpha value is -0.620. The van der Waals surface area contributed by atoms with Crippen molar-refractivity contribution in [2.24, 2.45) is 5.84 Å². The quantitative estimate of drug-likeness (QED) is 0.649. The van der Waals surface area contributed by atoms with Crippen LogP contribution in [0.15, 0.2) is 43.9 Å². The number of nitrogens with one attached hydrogen (secondary N) is 1. The maximum absolute atomic E-state index is 5.61. The predicted octanol–water partition coefficient (Wildman–Crippen LogP) is 3.67. The fourth-order valence-corrected chi connectivity index (χ4v) is 2.36. The van der Waals surface area contributed by atoms with Crippen molar-refractivity contribution in [1.82, 2.24) is 5.43 Å². The van der Waals surface area contributed by atoms with Crippen molar-refractivity contribution >= 4 is 31.9 Å². The molecule has 0 saturated carbocycles. The average Bonchev–Trinajstić information content (AvgIpc) is 2.71. The lowest BCUT2D eigenvalue weighted by Crippen LogP contribution is -2.28. The van der Waals surface area contributed by atoms with Crippen molar-refractivity contribution in [2.75, 3.05) is 0 Å². The van der Waals surface area contributed by atoms with Crippen LogP contribution in [0.4, 0.5) is 0 Å². The third-order valence-electron chi connectivity index (χ3n) is 2.59. The number of furan rings is 1. The number of hydrogen-bond acceptors (Lipinski definition) is 3. The molecule has 90 valence electrons. The molecular weight excluding hydrogens is 348 g/mol. The van der Waals surface area contributed by atoms with Gasteiger partial charge in [0.2, 0.25) is 0 Å². The van der Waals surface area contributed by atoms with Gasteiger partial charge in [-0.2, -0.15) is 0 Å². The maximum Gasteiger partial charge on any atom is 0.140 e. The first-order valence-corrected chi connectivity index (χ1v) is 6.67. The van der Waals surface area contributed by atoms with E-state index in [0.29, 0.717) is 0 Å². The van der Waals surface area contributed by atoms with Crippen LogP contribution in [0.1, 0.15) is 22.9 Å². The molecule has 0 radical (unpaired) electrons. The number of hydrazine groups is 1. The molecule has 0 aliphatic rings. The van der Waals surface area contributed by atoms with Gasteiger partial charge in [-0.1, -0.05) is 28.1 Å². The van der Waals surface area contributed by atoms with Gasteiger partial charge in [-0.15, -0.1) is 0 Å². The van der Waals surface area contributed by atoms with E-state index in [9.17, 15) is 0 Å². The molecule has 0 spiro atoms. The molecule has 17 heavy (non-hydrogen) atoms. The highest BCUT2D eigenvalue weighted by atomic mass is 79.9. The number of benzene rings is 1. The maximum atomic E-state index is 5.61. The normalized spacial score (nSPS) is 12.7. The lowest BCUT2D eigenvalue weighted by Gasteiger charge is -2.15. The van der Waals surface area contributed by atoms with Gasteiger partial charge in [-0.25, -0.2) is 5.43 Å². The Labute approximate surface area is 117 Å². The van der Waals surface area contributed by atoms with Gasteiger partial charge in [0.1, 0.15) is 11.8 Å². The van der Waals surface area contributed by atoms with E-state index in [1.807, 2.05) is 25.1 Å². The van der Waals surface area contributed by atoms with Crippen LogP contribution in [-0.2, 0) is 0 Å². The Morgan fingerprint density at radius 3 is 2.53 bits per heavy atom. The summed E-state index contributed by atoms with van der Waals surface area (Å²) >= 11 is 6.92. The number of nitrogens with two attached hydrogens (primary N) is 1. The first kappa shape index (κ1) is 12.8. The van der Waals surface area contributed by atoms with Crippen LogP contribution < -0.4 is 11.3 Å². The molecule has 3 N–H and O–H groups in total. The summed E-state index contributed by atoms with van der Waals surface area (Å²) in [4.78, 5) is 0. The molecule has 1 unspecified atom stereocenters. The summed E-state index contributed by atoms with van der Waals surface area (Å²) in [5.74, 6) is 6.38. The molecule has 1 heterocycles. The van der Waals surface area contributed by atoms with Crippen LogP contribution in [0.2, 0.25) is 0 Å². The molecular formula is C12H12Br2N2O. The molecule has 0 saturated heterocycles. The number of rotatable bonds is 3. The standard InChI is InChI=1S/C12H12Br2N2O/c1-7-6-8(2-3-9(7)13)11(16-15)12-10(14)4-5-17-12/h2-6,11,16H,15H2,1H3. The van der Waals surface area contributed by atoms with Crippen molar-refractivity contribution in [3.8, 4) is 0 Å². The highest BCUT2D eigenvalue weighted by Gasteiger charge is 2.19. The molecule has 0 fully saturated rings. The Morgan fingerprint density at radius 1 is 1.24 bits per heavy atom. The van der Waals surface area contributed by atoms with Gasteiger partial charge in [0.25, 0.3) is 0 Å². The fraction of sp³-hybridized carbons (Fsp3) is 0.167. The van der Waals surface area contributed by atoms with E-state index in [0.717, 1.165) is 25.8 Å². The van der Waals surface area contributed by atoms with Crippen molar-refractivity contribution in [1.29, 1.82) is 0 Å². The van der Waals surface area contributed by atoms with Gasteiger partial charge in [-0.3, -0.25) is 5.84 Å². The Morgan fingerprint density at radius 2 is 2.00 bits per heavy atom. The van der Waals surface area contributed by atoms with Crippen molar-refractivity contribution in [3.05, 3.63) is 56.4 Å². The molecule has 2 rings (SSSR count). The van der Waals surface area contributed by atoms with E-state index in [1.54, 1.807) is 6.26 Å². The SMILES string of the molecule is Cc1cc(C(NN)c2occc2Br)ccc1Br. The van der Waals surface area contributed by atoms with E-state index in [-0.39, 0.29) is 6.04 Å². The van der Waals surface area contributed by atoms with Crippen molar-refractivity contribution < 1.29 is 4.42 Å². The van der Waals surface area contributed by atoms with Gasteiger partial charge in [-0.05, 0) is 46.1 Å². The average molecular weight is 360 g/mol. The molecule has 1 aromatic heterocycles. The molecule has 0 aliphatic heterocycles. The summed E-state index contributed by atoms with van der Waals surface area (Å²) < 4.78 is 7.42. The van der Waals surface area contributed by atoms with Gasteiger partial charge >= 0.3 is 0 Å². The van der Waals surface area contributed by atoms with Gasteiger partial charge in [0.05, 0.1) is 10.7 Å². The minimum absolute atomic E-state index is 0.161. The first-order valence-electron chi connectivity index (χ1n) is 5.08. The van der Waals surface area contributed by atoms with Crippen molar-refractivity contribution in [2.45, 2.75) is 13.0 Å². The molecule has 0 bridgehead atoms. The van der Waals surface area contributed by atoms with Gasteiger partial charge in [0, 0.05) is 4.47 Å². The number of aryl methyl sites for hydroxylation is 1. The summed E-state index contributed by atoms with van der Waals surface area (Å²) in [5, 5.41) is 0. The van der Waals surface area contributed by atoms with Gasteiger partial charge < -0.3 is 4.42 Å². The van der Waals surface area contributed by atoms with Crippen molar-refractivity contribution in [3.63, 3.8) is 0 Å². The summed E-state index contributed by atoms with van der Waals surface area (Å²) in [7, 11) is 0. The van der Waals surface area contributed by atoms with Crippen LogP contribution in [0.3, 0.4) is 0 Å². The smallest absolute Gasteiger partial charge is 0.140 e. The minimum atomic E-state index is -0.161. The summed E-state index contributed by atoms with van der Waals surface area (Å²) in [6, 6.07) is 7.78. The third-order valence-corrected chi connectivity index (χ3v) is 4.13. The predicted molar refractivity (Wildman–Crippen MR) is 74.5 cm³/mol. The molecule has 1 atom stereocenters. The van der Waals surface area contributed by atoms with E-state index < -0.39 is 0 Å². The monoisotopic (exact) mass is 358 g/mol. The van der Waals surface area contributed by atoms with Crippen LogP contribution in [0.25, 0.3) is 0 Å². The summed E-state index contributed by atoms with van der Waals surface area (Å²) in [6.45, 7) is 2.04. The molecule has 0 amide bonds. The molecule has 5 heteroatoms. The van der Waals surface area contributed by atoms with Crippen LogP contribution in [0, 0.1) is 6.92 Å². The Kier molecular flexibility index (Phi) is 4.04. The fourth-order valence-electron chi connectivity index (χ4n) is 1.68. The molecule has 3 nitrogen and oxygen atoms in total. The second kappa shape index (κ2) is 5.35. The van der Waals surface area contributed by atoms with Crippen LogP contribution >= 0.6 is 31.9 Å². The number of halogens is 2. The van der Waals surface area contributed by atoms with E-state index in [2.05, 4.69) is 43.4 Å². The molecule has 1 aromatic carbocycles. The minimum Gasteiger partial charge on any atom is -0.466 e. The highest BCUT2D eigenvalue weighted by Crippen LogP contribution is 2.30. The summed E-state index contributed by atoms with van der Waals surface area (Å²) in [6.07, 6.45) is 1.63. The van der Waals surface area contributed by atoms with Crippen LogP contribution in [0.5, 0.6) is 0 Å². The lowest BCUT2D eigenvalue weighted by atomic mass is 10.0. The second-order valence-corrected chi connectivity index (χ2v) is 5.45. The zero-order valence-corrected chi connectivity index (χ0v) is 12.4. The first-order chi connectivity index (χ1) is 8.13. The van der Waals surface area contributed by atoms with E-state index in [1.165, 1.54) is 0 Å².